The fraction of sp³-hybridized carbons (Fsp3) is 0.333. The Hall–Kier alpha value is -2.59. The molecule has 0 spiro atoms. The van der Waals surface area contributed by atoms with Gasteiger partial charge in [0.05, 0.1) is 12.0 Å². The average molecular weight is 461 g/mol. The van der Waals surface area contributed by atoms with Crippen molar-refractivity contribution < 1.29 is 17.0 Å². The Balaban J connectivity index is 1.56. The van der Waals surface area contributed by atoms with E-state index < -0.39 is 15.0 Å². The van der Waals surface area contributed by atoms with Gasteiger partial charge < -0.3 is 10.1 Å². The normalized spacial score (nSPS) is 15.0. The van der Waals surface area contributed by atoms with Gasteiger partial charge in [-0.05, 0) is 79.0 Å². The van der Waals surface area contributed by atoms with Gasteiger partial charge in [-0.1, -0.05) is 12.1 Å². The smallest absolute Gasteiger partial charge is 0.274 e. The van der Waals surface area contributed by atoms with Crippen LogP contribution < -0.4 is 10.1 Å². The Labute approximate surface area is 184 Å². The van der Waals surface area contributed by atoms with Crippen LogP contribution in [0, 0.1) is 0 Å². The number of nitrogens with one attached hydrogen (secondary N) is 1. The van der Waals surface area contributed by atoms with Crippen LogP contribution >= 0.6 is 12.3 Å². The molecule has 2 aromatic carbocycles. The van der Waals surface area contributed by atoms with Gasteiger partial charge in [-0.2, -0.15) is 4.98 Å². The molecule has 162 valence electrons. The minimum absolute atomic E-state index is 0.0131. The monoisotopic (exact) mass is 460 g/mol. The molecule has 1 heterocycles. The minimum Gasteiger partial charge on any atom is -0.497 e. The van der Waals surface area contributed by atoms with Crippen LogP contribution in [0.25, 0.3) is 0 Å². The number of aryl methyl sites for hydroxylation is 2. The molecule has 3 aromatic rings. The summed E-state index contributed by atoms with van der Waals surface area (Å²) in [4.78, 5) is 4.17. The SMILES string of the molecule is COc1cccc(S(=O)(=O)c2nc(Nc3c4c(cc5c3CCC5)CCC4)n(SF)n2)c1. The van der Waals surface area contributed by atoms with E-state index in [1.807, 2.05) is 0 Å². The van der Waals surface area contributed by atoms with Crippen molar-refractivity contribution in [1.29, 1.82) is 0 Å². The lowest BCUT2D eigenvalue weighted by Crippen LogP contribution is -2.05. The van der Waals surface area contributed by atoms with Crippen molar-refractivity contribution in [2.45, 2.75) is 48.6 Å². The third-order valence-corrected chi connectivity index (χ3v) is 7.84. The van der Waals surface area contributed by atoms with Gasteiger partial charge in [-0.3, -0.25) is 0 Å². The molecule has 1 aromatic heterocycles. The van der Waals surface area contributed by atoms with Crippen LogP contribution in [0.3, 0.4) is 0 Å². The van der Waals surface area contributed by atoms with E-state index in [0.29, 0.717) is 5.75 Å². The van der Waals surface area contributed by atoms with Crippen LogP contribution in [0.2, 0.25) is 0 Å². The topological polar surface area (TPSA) is 86.1 Å². The zero-order valence-corrected chi connectivity index (χ0v) is 18.5. The van der Waals surface area contributed by atoms with Crippen molar-refractivity contribution in [3.63, 3.8) is 0 Å². The second kappa shape index (κ2) is 7.83. The molecule has 5 rings (SSSR count). The molecule has 0 atom stereocenters. The summed E-state index contributed by atoms with van der Waals surface area (Å²) in [6, 6.07) is 8.34. The highest BCUT2D eigenvalue weighted by molar-refractivity contribution is 7.93. The van der Waals surface area contributed by atoms with Crippen molar-refractivity contribution in [2.24, 2.45) is 0 Å². The molecule has 0 unspecified atom stereocenters. The predicted molar refractivity (Wildman–Crippen MR) is 116 cm³/mol. The van der Waals surface area contributed by atoms with Crippen molar-refractivity contribution in [1.82, 2.24) is 14.2 Å². The largest absolute Gasteiger partial charge is 0.497 e. The van der Waals surface area contributed by atoms with Gasteiger partial charge in [-0.25, -0.2) is 8.42 Å². The van der Waals surface area contributed by atoms with Crippen molar-refractivity contribution in [3.8, 4) is 5.75 Å². The first-order valence-corrected chi connectivity index (χ1v) is 12.3. The molecular weight excluding hydrogens is 439 g/mol. The third kappa shape index (κ3) is 3.47. The van der Waals surface area contributed by atoms with E-state index in [-0.39, 0.29) is 23.2 Å². The molecule has 0 bridgehead atoms. The molecule has 7 nitrogen and oxygen atoms in total. The van der Waals surface area contributed by atoms with E-state index in [9.17, 15) is 12.3 Å². The van der Waals surface area contributed by atoms with Gasteiger partial charge in [0.2, 0.25) is 15.8 Å². The summed E-state index contributed by atoms with van der Waals surface area (Å²) in [5, 5.41) is 6.69. The number of rotatable bonds is 6. The van der Waals surface area contributed by atoms with E-state index >= 15 is 0 Å². The molecule has 0 saturated heterocycles. The lowest BCUT2D eigenvalue weighted by atomic mass is 9.99. The maximum atomic E-state index is 13.7. The number of methoxy groups -OCH3 is 1. The highest BCUT2D eigenvalue weighted by atomic mass is 32.2. The molecule has 10 heteroatoms. The molecule has 0 fully saturated rings. The molecule has 31 heavy (non-hydrogen) atoms. The standard InChI is InChI=1S/C21H21FN4O3S2/c1-29-15-7-4-8-16(12-15)31(27,28)21-24-20(26(25-21)30-22)23-19-17-9-2-5-13(17)11-14-6-3-10-18(14)19/h4,7-8,11-12H,2-3,5-6,9-10H2,1H3,(H,23,24,25). The summed E-state index contributed by atoms with van der Waals surface area (Å²) < 4.78 is 45.8. The number of sulfone groups is 1. The number of benzene rings is 2. The van der Waals surface area contributed by atoms with Gasteiger partial charge in [-0.15, -0.1) is 13.1 Å². The third-order valence-electron chi connectivity index (χ3n) is 5.93. The predicted octanol–water partition coefficient (Wildman–Crippen LogP) is 4.22. The Morgan fingerprint density at radius 2 is 1.81 bits per heavy atom. The van der Waals surface area contributed by atoms with Gasteiger partial charge in [0.15, 0.2) is 12.3 Å². The van der Waals surface area contributed by atoms with Crippen LogP contribution in [-0.2, 0) is 35.5 Å². The molecule has 0 saturated carbocycles. The van der Waals surface area contributed by atoms with Crippen molar-refractivity contribution in [2.75, 3.05) is 12.4 Å². The van der Waals surface area contributed by atoms with E-state index in [0.717, 1.165) is 48.3 Å². The van der Waals surface area contributed by atoms with Crippen molar-refractivity contribution in [3.05, 3.63) is 52.6 Å². The summed E-state index contributed by atoms with van der Waals surface area (Å²) in [7, 11) is -2.59. The van der Waals surface area contributed by atoms with E-state index in [2.05, 4.69) is 21.5 Å². The Bertz CT molecular complexity index is 1240. The Morgan fingerprint density at radius 1 is 1.10 bits per heavy atom. The van der Waals surface area contributed by atoms with Crippen LogP contribution in [0.4, 0.5) is 15.5 Å². The number of anilines is 2. The minimum atomic E-state index is -4.04. The quantitative estimate of drug-likeness (QED) is 0.589. The zero-order valence-electron chi connectivity index (χ0n) is 16.9. The fourth-order valence-electron chi connectivity index (χ4n) is 4.47. The molecule has 2 aliphatic rings. The Morgan fingerprint density at radius 3 is 2.45 bits per heavy atom. The molecule has 0 amide bonds. The van der Waals surface area contributed by atoms with Gasteiger partial charge in [0.25, 0.3) is 5.16 Å². The highest BCUT2D eigenvalue weighted by Crippen LogP contribution is 2.40. The molecule has 0 aliphatic heterocycles. The van der Waals surface area contributed by atoms with Crippen LogP contribution in [0.5, 0.6) is 5.75 Å². The fourth-order valence-corrected chi connectivity index (χ4v) is 5.92. The average Bonchev–Trinajstić information content (AvgIpc) is 3.52. The second-order valence-electron chi connectivity index (χ2n) is 7.70. The van der Waals surface area contributed by atoms with Crippen molar-refractivity contribution >= 4 is 33.8 Å². The van der Waals surface area contributed by atoms with Gasteiger partial charge in [0, 0.05) is 5.69 Å². The molecule has 2 aliphatic carbocycles. The van der Waals surface area contributed by atoms with Crippen LogP contribution in [0.15, 0.2) is 40.4 Å². The zero-order chi connectivity index (χ0) is 21.6. The molecule has 1 N–H and O–H groups in total. The van der Waals surface area contributed by atoms with E-state index in [4.69, 9.17) is 4.74 Å². The van der Waals surface area contributed by atoms with Crippen LogP contribution in [-0.4, -0.2) is 29.7 Å². The summed E-state index contributed by atoms with van der Waals surface area (Å²) in [5.74, 6) is 0.456. The summed E-state index contributed by atoms with van der Waals surface area (Å²) >= 11 is -0.188. The summed E-state index contributed by atoms with van der Waals surface area (Å²) in [5.41, 5.74) is 6.00. The summed E-state index contributed by atoms with van der Waals surface area (Å²) in [6.07, 6.45) is 6.09. The number of fused-ring (bicyclic) bond motifs is 2. The molecular formula is C21H21FN4O3S2. The number of halogens is 1. The lowest BCUT2D eigenvalue weighted by molar-refractivity contribution is 0.413. The maximum Gasteiger partial charge on any atom is 0.274 e. The van der Waals surface area contributed by atoms with Crippen LogP contribution in [0.1, 0.15) is 35.1 Å². The first-order chi connectivity index (χ1) is 15.0. The highest BCUT2D eigenvalue weighted by Gasteiger charge is 2.29. The summed E-state index contributed by atoms with van der Waals surface area (Å²) in [6.45, 7) is 0. The van der Waals surface area contributed by atoms with Gasteiger partial charge >= 0.3 is 0 Å². The first kappa shape index (κ1) is 20.3. The number of aromatic nitrogens is 3. The number of nitrogens with zero attached hydrogens (tertiary/aromatic N) is 3. The first-order valence-electron chi connectivity index (χ1n) is 10.1. The van der Waals surface area contributed by atoms with E-state index in [1.165, 1.54) is 41.5 Å². The Kier molecular flexibility index (Phi) is 5.13. The number of hydrogen-bond acceptors (Lipinski definition) is 7. The molecule has 0 radical (unpaired) electrons. The maximum absolute atomic E-state index is 13.7. The number of ether oxygens (including phenoxy) is 1. The van der Waals surface area contributed by atoms with Gasteiger partial charge in [0.1, 0.15) is 5.75 Å². The lowest BCUT2D eigenvalue weighted by Gasteiger charge is -2.16. The second-order valence-corrected chi connectivity index (χ2v) is 10.0. The number of hydrogen-bond donors (Lipinski definition) is 1. The van der Waals surface area contributed by atoms with E-state index in [1.54, 1.807) is 12.1 Å².